The molecule has 0 aromatic carbocycles. The average molecular weight is 206 g/mol. The van der Waals surface area contributed by atoms with Gasteiger partial charge < -0.3 is 0 Å². The van der Waals surface area contributed by atoms with Crippen LogP contribution in [0.5, 0.6) is 0 Å². The third kappa shape index (κ3) is 1.77. The fourth-order valence-corrected chi connectivity index (χ4v) is 3.74. The second-order valence-corrected chi connectivity index (χ2v) is 6.28. The molecular weight excluding hydrogens is 180 g/mol. The Morgan fingerprint density at radius 1 is 1.07 bits per heavy atom. The van der Waals surface area contributed by atoms with Crippen LogP contribution in [0.2, 0.25) is 0 Å². The molecule has 0 saturated heterocycles. The predicted molar refractivity (Wildman–Crippen MR) is 66.8 cm³/mol. The summed E-state index contributed by atoms with van der Waals surface area (Å²) in [5.41, 5.74) is 1.05. The Morgan fingerprint density at radius 2 is 1.87 bits per heavy atom. The van der Waals surface area contributed by atoms with Crippen molar-refractivity contribution in [1.82, 2.24) is 0 Å². The Hall–Kier alpha value is -0.260. The van der Waals surface area contributed by atoms with Crippen molar-refractivity contribution in [2.24, 2.45) is 16.7 Å². The van der Waals surface area contributed by atoms with Crippen molar-refractivity contribution in [3.05, 3.63) is 12.2 Å². The van der Waals surface area contributed by atoms with E-state index in [0.717, 1.165) is 5.92 Å². The maximum atomic E-state index is 2.57. The van der Waals surface area contributed by atoms with Gasteiger partial charge in [0, 0.05) is 0 Å². The molecule has 0 amide bonds. The molecule has 3 atom stereocenters. The zero-order valence-electron chi connectivity index (χ0n) is 10.7. The number of allylic oxidation sites excluding steroid dienone is 2. The van der Waals surface area contributed by atoms with Crippen molar-refractivity contribution in [3.63, 3.8) is 0 Å². The van der Waals surface area contributed by atoms with Crippen LogP contribution in [0.25, 0.3) is 0 Å². The van der Waals surface area contributed by atoms with Crippen molar-refractivity contribution in [2.75, 3.05) is 0 Å². The largest absolute Gasteiger partial charge is 0.0880 e. The standard InChI is InChI=1S/C15H26/c1-13-9-12-14(2)10-7-5-4-6-8-11-15(13,14)3/h8,11,13H,4-7,9-10,12H2,1-3H3/b11-8-. The molecule has 0 aromatic rings. The molecule has 0 nitrogen and oxygen atoms in total. The van der Waals surface area contributed by atoms with Gasteiger partial charge in [0.2, 0.25) is 0 Å². The Bertz CT molecular complexity index is 253. The summed E-state index contributed by atoms with van der Waals surface area (Å²) >= 11 is 0. The molecule has 15 heavy (non-hydrogen) atoms. The van der Waals surface area contributed by atoms with Gasteiger partial charge >= 0.3 is 0 Å². The summed E-state index contributed by atoms with van der Waals surface area (Å²) < 4.78 is 0. The maximum absolute atomic E-state index is 2.57. The third-order valence-corrected chi connectivity index (χ3v) is 5.52. The van der Waals surface area contributed by atoms with Crippen LogP contribution in [0.4, 0.5) is 0 Å². The van der Waals surface area contributed by atoms with E-state index in [1.807, 2.05) is 0 Å². The van der Waals surface area contributed by atoms with Gasteiger partial charge in [-0.1, -0.05) is 45.8 Å². The van der Waals surface area contributed by atoms with E-state index in [1.54, 1.807) is 0 Å². The van der Waals surface area contributed by atoms with Crippen molar-refractivity contribution in [3.8, 4) is 0 Å². The van der Waals surface area contributed by atoms with Gasteiger partial charge in [0.15, 0.2) is 0 Å². The summed E-state index contributed by atoms with van der Waals surface area (Å²) in [5.74, 6) is 0.872. The van der Waals surface area contributed by atoms with Crippen LogP contribution in [0.15, 0.2) is 12.2 Å². The van der Waals surface area contributed by atoms with E-state index < -0.39 is 0 Å². The first-order chi connectivity index (χ1) is 7.08. The first-order valence-electron chi connectivity index (χ1n) is 6.76. The minimum atomic E-state index is 0.470. The molecule has 0 bridgehead atoms. The summed E-state index contributed by atoms with van der Waals surface area (Å²) in [7, 11) is 0. The number of fused-ring (bicyclic) bond motifs is 1. The zero-order valence-corrected chi connectivity index (χ0v) is 10.7. The van der Waals surface area contributed by atoms with Crippen LogP contribution in [-0.4, -0.2) is 0 Å². The Labute approximate surface area is 95.1 Å². The number of hydrogen-bond acceptors (Lipinski definition) is 0. The maximum Gasteiger partial charge on any atom is -0.00672 e. The lowest BCUT2D eigenvalue weighted by molar-refractivity contribution is 0.116. The van der Waals surface area contributed by atoms with Crippen molar-refractivity contribution < 1.29 is 0 Å². The second-order valence-electron chi connectivity index (χ2n) is 6.28. The molecule has 0 N–H and O–H groups in total. The van der Waals surface area contributed by atoms with Crippen LogP contribution in [-0.2, 0) is 0 Å². The molecule has 0 heteroatoms. The van der Waals surface area contributed by atoms with Crippen LogP contribution in [0.1, 0.15) is 65.7 Å². The van der Waals surface area contributed by atoms with Crippen molar-refractivity contribution >= 4 is 0 Å². The SMILES string of the molecule is CC1CCC2(C)CCCCC/C=C\C12C. The highest BCUT2D eigenvalue weighted by Gasteiger charge is 2.50. The highest BCUT2D eigenvalue weighted by atomic mass is 14.5. The Morgan fingerprint density at radius 3 is 2.67 bits per heavy atom. The predicted octanol–water partition coefficient (Wildman–Crippen LogP) is 4.95. The first-order valence-corrected chi connectivity index (χ1v) is 6.76. The van der Waals surface area contributed by atoms with Gasteiger partial charge in [0.1, 0.15) is 0 Å². The van der Waals surface area contributed by atoms with Crippen molar-refractivity contribution in [1.29, 1.82) is 0 Å². The van der Waals surface area contributed by atoms with E-state index in [-0.39, 0.29) is 0 Å². The summed E-state index contributed by atoms with van der Waals surface area (Å²) in [6.07, 6.45) is 14.9. The van der Waals surface area contributed by atoms with E-state index in [9.17, 15) is 0 Å². The third-order valence-electron chi connectivity index (χ3n) is 5.52. The summed E-state index contributed by atoms with van der Waals surface area (Å²) in [5, 5.41) is 0. The lowest BCUT2D eigenvalue weighted by Gasteiger charge is -2.42. The topological polar surface area (TPSA) is 0 Å². The van der Waals surface area contributed by atoms with E-state index in [4.69, 9.17) is 0 Å². The molecule has 2 rings (SSSR count). The van der Waals surface area contributed by atoms with E-state index in [1.165, 1.54) is 44.9 Å². The first kappa shape index (κ1) is 11.2. The van der Waals surface area contributed by atoms with Gasteiger partial charge in [-0.2, -0.15) is 0 Å². The summed E-state index contributed by atoms with van der Waals surface area (Å²) in [6.45, 7) is 7.49. The second kappa shape index (κ2) is 3.96. The quantitative estimate of drug-likeness (QED) is 0.492. The minimum Gasteiger partial charge on any atom is -0.0880 e. The number of rotatable bonds is 0. The molecule has 1 saturated carbocycles. The lowest BCUT2D eigenvalue weighted by Crippen LogP contribution is -2.34. The van der Waals surface area contributed by atoms with Crippen LogP contribution >= 0.6 is 0 Å². The molecule has 2 aliphatic rings. The molecule has 0 heterocycles. The van der Waals surface area contributed by atoms with Crippen LogP contribution < -0.4 is 0 Å². The average Bonchev–Trinajstić information content (AvgIpc) is 2.46. The molecule has 0 spiro atoms. The van der Waals surface area contributed by atoms with E-state index >= 15 is 0 Å². The molecule has 0 radical (unpaired) electrons. The molecule has 86 valence electrons. The highest BCUT2D eigenvalue weighted by molar-refractivity contribution is 5.12. The minimum absolute atomic E-state index is 0.470. The van der Waals surface area contributed by atoms with Crippen LogP contribution in [0.3, 0.4) is 0 Å². The Balaban J connectivity index is 2.29. The zero-order chi connectivity index (χ0) is 10.9. The lowest BCUT2D eigenvalue weighted by atomic mass is 9.63. The smallest absolute Gasteiger partial charge is 0.00672 e. The molecule has 2 aliphatic carbocycles. The molecule has 3 unspecified atom stereocenters. The fourth-order valence-electron chi connectivity index (χ4n) is 3.74. The van der Waals surface area contributed by atoms with Gasteiger partial charge in [0.05, 0.1) is 0 Å². The monoisotopic (exact) mass is 206 g/mol. The molecule has 1 fully saturated rings. The summed E-state index contributed by atoms with van der Waals surface area (Å²) in [6, 6.07) is 0. The molecule has 0 aromatic heterocycles. The Kier molecular flexibility index (Phi) is 2.96. The highest BCUT2D eigenvalue weighted by Crippen LogP contribution is 2.59. The number of hydrogen-bond donors (Lipinski definition) is 0. The van der Waals surface area contributed by atoms with Crippen molar-refractivity contribution in [2.45, 2.75) is 65.7 Å². The van der Waals surface area contributed by atoms with Crippen LogP contribution in [0, 0.1) is 16.7 Å². The molecular formula is C15H26. The summed E-state index contributed by atoms with van der Waals surface area (Å²) in [4.78, 5) is 0. The van der Waals surface area contributed by atoms with E-state index in [0.29, 0.717) is 10.8 Å². The van der Waals surface area contributed by atoms with Gasteiger partial charge in [-0.25, -0.2) is 0 Å². The normalized spacial score (nSPS) is 48.9. The van der Waals surface area contributed by atoms with Gasteiger partial charge in [-0.3, -0.25) is 0 Å². The van der Waals surface area contributed by atoms with Gasteiger partial charge in [-0.15, -0.1) is 0 Å². The van der Waals surface area contributed by atoms with E-state index in [2.05, 4.69) is 32.9 Å². The fraction of sp³-hybridized carbons (Fsp3) is 0.867. The molecule has 0 aliphatic heterocycles. The van der Waals surface area contributed by atoms with Gasteiger partial charge in [0.25, 0.3) is 0 Å². The van der Waals surface area contributed by atoms with Gasteiger partial charge in [-0.05, 0) is 48.9 Å².